The van der Waals surface area contributed by atoms with E-state index < -0.39 is 12.0 Å². The molecule has 1 aromatic carbocycles. The van der Waals surface area contributed by atoms with E-state index in [1.54, 1.807) is 12.1 Å². The number of rotatable bonds is 9. The molecule has 1 aromatic rings. The van der Waals surface area contributed by atoms with Crippen molar-refractivity contribution in [3.8, 4) is 0 Å². The number of fused-ring (bicyclic) bond motifs is 1. The molecule has 0 bridgehead atoms. The molecule has 1 spiro atoms. The van der Waals surface area contributed by atoms with Crippen LogP contribution in [-0.4, -0.2) is 89.4 Å². The zero-order valence-corrected chi connectivity index (χ0v) is 28.0. The fourth-order valence-corrected chi connectivity index (χ4v) is 8.02. The molecule has 1 aliphatic carbocycles. The standard InChI is InChI=1S/C31H47FN4O3.3ClH/c1-6-27-26-19-39-31(29(26)33-36(27)7-2)11-13-35(14-12-31)18-22-16-24(34(5)28(20(3)4)30(37)38)17-25(22)21-9-8-10-23(32)15-21;;;/h8-10,15,20,22,24-25,27-28,33H,6-7,11-14,16-19H2,1-5H3,(H,37,38);3*1H/t22?,24?,25?,27?,28-;;;/m1.../s1. The molecular weight excluding hydrogens is 602 g/mol. The van der Waals surface area contributed by atoms with Crippen LogP contribution in [0, 0.1) is 17.7 Å². The summed E-state index contributed by atoms with van der Waals surface area (Å²) in [4.78, 5) is 16.7. The number of carbonyl (C=O) groups is 1. The van der Waals surface area contributed by atoms with E-state index in [9.17, 15) is 14.3 Å². The van der Waals surface area contributed by atoms with Gasteiger partial charge in [0.15, 0.2) is 0 Å². The monoisotopic (exact) mass is 650 g/mol. The molecule has 0 radical (unpaired) electrons. The molecule has 1 saturated carbocycles. The Morgan fingerprint density at radius 3 is 2.45 bits per heavy atom. The summed E-state index contributed by atoms with van der Waals surface area (Å²) in [5, 5.41) is 12.3. The van der Waals surface area contributed by atoms with Crippen molar-refractivity contribution in [1.29, 1.82) is 0 Å². The third-order valence-corrected chi connectivity index (χ3v) is 10.0. The molecule has 5 atom stereocenters. The van der Waals surface area contributed by atoms with Gasteiger partial charge in [0.25, 0.3) is 0 Å². The lowest BCUT2D eigenvalue weighted by atomic mass is 9.85. The van der Waals surface area contributed by atoms with Crippen molar-refractivity contribution >= 4 is 43.2 Å². The van der Waals surface area contributed by atoms with Gasteiger partial charge in [0.2, 0.25) is 0 Å². The topological polar surface area (TPSA) is 68.3 Å². The average molecular weight is 652 g/mol. The molecule has 2 N–H and O–H groups in total. The number of nitrogens with one attached hydrogen (secondary N) is 1. The van der Waals surface area contributed by atoms with E-state index in [-0.39, 0.29) is 66.5 Å². The highest BCUT2D eigenvalue weighted by Gasteiger charge is 2.50. The summed E-state index contributed by atoms with van der Waals surface area (Å²) in [5.74, 6) is -0.395. The Balaban J connectivity index is 0.00000205. The van der Waals surface area contributed by atoms with Gasteiger partial charge >= 0.3 is 5.97 Å². The number of carboxylic acid groups (broad SMARTS) is 1. The number of hydrazine groups is 1. The first-order valence-electron chi connectivity index (χ1n) is 15.0. The summed E-state index contributed by atoms with van der Waals surface area (Å²) in [7, 11) is 1.96. The Morgan fingerprint density at radius 1 is 1.19 bits per heavy atom. The fraction of sp³-hybridized carbons (Fsp3) is 0.710. The van der Waals surface area contributed by atoms with E-state index in [2.05, 4.69) is 34.1 Å². The summed E-state index contributed by atoms with van der Waals surface area (Å²) < 4.78 is 20.8. The average Bonchev–Trinajstić information content (AvgIpc) is 3.58. The van der Waals surface area contributed by atoms with Crippen molar-refractivity contribution in [3.63, 3.8) is 0 Å². The predicted molar refractivity (Wildman–Crippen MR) is 172 cm³/mol. The minimum atomic E-state index is -0.766. The molecule has 3 heterocycles. The van der Waals surface area contributed by atoms with Crippen LogP contribution in [0.2, 0.25) is 0 Å². The number of benzene rings is 1. The lowest BCUT2D eigenvalue weighted by Gasteiger charge is -2.42. The number of hydrogen-bond acceptors (Lipinski definition) is 6. The Kier molecular flexibility index (Phi) is 13.4. The van der Waals surface area contributed by atoms with E-state index in [0.717, 1.165) is 70.5 Å². The second-order valence-corrected chi connectivity index (χ2v) is 12.5. The number of piperidine rings is 1. The van der Waals surface area contributed by atoms with Crippen LogP contribution in [0.15, 0.2) is 35.5 Å². The fourth-order valence-electron chi connectivity index (χ4n) is 8.02. The minimum Gasteiger partial charge on any atom is -0.480 e. The maximum absolute atomic E-state index is 14.3. The number of likely N-dealkylation sites (N-methyl/N-ethyl adjacent to an activating group) is 2. The van der Waals surface area contributed by atoms with Crippen molar-refractivity contribution in [2.24, 2.45) is 11.8 Å². The zero-order valence-electron chi connectivity index (χ0n) is 25.6. The van der Waals surface area contributed by atoms with Crippen LogP contribution in [0.3, 0.4) is 0 Å². The van der Waals surface area contributed by atoms with Gasteiger partial charge in [-0.3, -0.25) is 9.69 Å². The second-order valence-electron chi connectivity index (χ2n) is 12.5. The number of likely N-dealkylation sites (tertiary alicyclic amines) is 1. The van der Waals surface area contributed by atoms with E-state index in [1.807, 2.05) is 27.0 Å². The number of carboxylic acids is 1. The number of hydrogen-bond donors (Lipinski definition) is 2. The molecule has 42 heavy (non-hydrogen) atoms. The maximum atomic E-state index is 14.3. The molecular formula is C31H50Cl3FN4O3. The summed E-state index contributed by atoms with van der Waals surface area (Å²) in [6.45, 7) is 13.0. The van der Waals surface area contributed by atoms with Crippen LogP contribution in [0.25, 0.3) is 0 Å². The van der Waals surface area contributed by atoms with Gasteiger partial charge in [0.1, 0.15) is 17.5 Å². The molecule has 2 fully saturated rings. The van der Waals surface area contributed by atoms with Crippen LogP contribution in [0.1, 0.15) is 71.3 Å². The van der Waals surface area contributed by atoms with E-state index >= 15 is 0 Å². The highest BCUT2D eigenvalue weighted by atomic mass is 35.5. The Morgan fingerprint density at radius 2 is 1.88 bits per heavy atom. The van der Waals surface area contributed by atoms with E-state index in [0.29, 0.717) is 12.0 Å². The number of nitrogens with zero attached hydrogens (tertiary/aromatic N) is 3. The third kappa shape index (κ3) is 7.06. The SMILES string of the molecule is CCC1C2=C(NN1CC)C1(CCN(CC3CC(N(C)[C@@H](C(=O)O)C(C)C)CC3c3cccc(F)c3)CC1)OC2.Cl.Cl.Cl. The first-order valence-corrected chi connectivity index (χ1v) is 15.0. The predicted octanol–water partition coefficient (Wildman–Crippen LogP) is 5.73. The van der Waals surface area contributed by atoms with Crippen LogP contribution in [0.5, 0.6) is 0 Å². The molecule has 4 unspecified atom stereocenters. The van der Waals surface area contributed by atoms with Gasteiger partial charge in [0.05, 0.1) is 18.3 Å². The molecule has 11 heteroatoms. The van der Waals surface area contributed by atoms with Crippen molar-refractivity contribution in [2.45, 2.75) is 89.4 Å². The highest BCUT2D eigenvalue weighted by Crippen LogP contribution is 2.46. The number of halogens is 4. The maximum Gasteiger partial charge on any atom is 0.321 e. The van der Waals surface area contributed by atoms with Crippen LogP contribution in [-0.2, 0) is 9.53 Å². The van der Waals surface area contributed by atoms with Gasteiger partial charge in [-0.25, -0.2) is 9.40 Å². The smallest absolute Gasteiger partial charge is 0.321 e. The first kappa shape index (κ1) is 37.1. The van der Waals surface area contributed by atoms with Gasteiger partial charge in [-0.05, 0) is 80.2 Å². The van der Waals surface area contributed by atoms with Crippen molar-refractivity contribution in [2.75, 3.05) is 39.8 Å². The highest BCUT2D eigenvalue weighted by molar-refractivity contribution is 5.86. The summed E-state index contributed by atoms with van der Waals surface area (Å²) in [5.41, 5.74) is 7.32. The molecule has 240 valence electrons. The van der Waals surface area contributed by atoms with Gasteiger partial charge in [-0.15, -0.1) is 37.2 Å². The van der Waals surface area contributed by atoms with Crippen molar-refractivity contribution in [1.82, 2.24) is 20.2 Å². The van der Waals surface area contributed by atoms with Crippen molar-refractivity contribution in [3.05, 3.63) is 46.9 Å². The van der Waals surface area contributed by atoms with Crippen LogP contribution < -0.4 is 5.43 Å². The lowest BCUT2D eigenvalue weighted by molar-refractivity contribution is -0.145. The summed E-state index contributed by atoms with van der Waals surface area (Å²) in [6, 6.07) is 7.10. The summed E-state index contributed by atoms with van der Waals surface area (Å²) in [6.07, 6.45) is 4.81. The Bertz CT molecular complexity index is 1090. The van der Waals surface area contributed by atoms with E-state index in [4.69, 9.17) is 4.74 Å². The van der Waals surface area contributed by atoms with Gasteiger partial charge in [-0.1, -0.05) is 39.8 Å². The Labute approximate surface area is 269 Å². The minimum absolute atomic E-state index is 0. The zero-order chi connectivity index (χ0) is 27.9. The third-order valence-electron chi connectivity index (χ3n) is 10.0. The second kappa shape index (κ2) is 15.2. The Hall–Kier alpha value is -1.13. The number of aliphatic carboxylic acids is 1. The van der Waals surface area contributed by atoms with Gasteiger partial charge in [0, 0.05) is 32.2 Å². The molecule has 0 amide bonds. The molecule has 1 saturated heterocycles. The quantitative estimate of drug-likeness (QED) is 0.354. The van der Waals surface area contributed by atoms with Crippen LogP contribution >= 0.6 is 37.2 Å². The molecule has 0 aromatic heterocycles. The summed E-state index contributed by atoms with van der Waals surface area (Å²) >= 11 is 0. The molecule has 7 nitrogen and oxygen atoms in total. The van der Waals surface area contributed by atoms with Crippen LogP contribution in [0.4, 0.5) is 4.39 Å². The normalized spacial score (nSPS) is 27.8. The molecule has 5 rings (SSSR count). The largest absolute Gasteiger partial charge is 0.480 e. The van der Waals surface area contributed by atoms with E-state index in [1.165, 1.54) is 17.3 Å². The number of ether oxygens (including phenoxy) is 1. The lowest BCUT2D eigenvalue weighted by Crippen LogP contribution is -2.51. The van der Waals surface area contributed by atoms with Gasteiger partial charge in [-0.2, -0.15) is 0 Å². The first-order chi connectivity index (χ1) is 18.7. The van der Waals surface area contributed by atoms with Gasteiger partial charge < -0.3 is 20.2 Å². The van der Waals surface area contributed by atoms with Crippen molar-refractivity contribution < 1.29 is 19.0 Å². The molecule has 4 aliphatic rings. The molecule has 3 aliphatic heterocycles.